The summed E-state index contributed by atoms with van der Waals surface area (Å²) in [6.07, 6.45) is 2.65. The van der Waals surface area contributed by atoms with Crippen LogP contribution in [0.15, 0.2) is 58.4 Å². The first-order valence-corrected chi connectivity index (χ1v) is 9.18. The predicted molar refractivity (Wildman–Crippen MR) is 98.3 cm³/mol. The summed E-state index contributed by atoms with van der Waals surface area (Å²) >= 11 is 0. The number of rotatable bonds is 5. The third kappa shape index (κ3) is 4.93. The number of anilines is 1. The summed E-state index contributed by atoms with van der Waals surface area (Å²) in [6, 6.07) is 15.7. The van der Waals surface area contributed by atoms with Gasteiger partial charge in [0.05, 0.1) is 6.04 Å². The fraction of sp³-hybridized carbons (Fsp3) is 0.278. The molecule has 0 saturated heterocycles. The van der Waals surface area contributed by atoms with E-state index in [1.165, 1.54) is 5.56 Å². The van der Waals surface area contributed by atoms with Gasteiger partial charge >= 0.3 is 0 Å². The number of nitrogens with one attached hydrogen (secondary N) is 1. The number of hydrogen-bond acceptors (Lipinski definition) is 2. The highest BCUT2D eigenvalue weighted by molar-refractivity contribution is 7.84. The van der Waals surface area contributed by atoms with Gasteiger partial charge < -0.3 is 11.1 Å². The average molecular weight is 329 g/mol. The lowest BCUT2D eigenvalue weighted by Gasteiger charge is -2.11. The molecule has 0 aliphatic carbocycles. The Morgan fingerprint density at radius 2 is 1.96 bits per heavy atom. The molecule has 0 amide bonds. The Morgan fingerprint density at radius 3 is 2.57 bits per heavy atom. The first-order chi connectivity index (χ1) is 11.0. The minimum absolute atomic E-state index is 0.0730. The number of benzene rings is 2. The van der Waals surface area contributed by atoms with E-state index in [1.54, 1.807) is 6.26 Å². The molecule has 2 aromatic rings. The molecule has 4 nitrogen and oxygen atoms in total. The Morgan fingerprint density at radius 1 is 1.26 bits per heavy atom. The molecule has 0 bridgehead atoms. The summed E-state index contributed by atoms with van der Waals surface area (Å²) in [5.74, 6) is 0.383. The van der Waals surface area contributed by atoms with Gasteiger partial charge in [0.15, 0.2) is 5.96 Å². The second kappa shape index (κ2) is 7.92. The van der Waals surface area contributed by atoms with E-state index >= 15 is 0 Å². The number of guanidine groups is 1. The molecule has 0 fully saturated rings. The van der Waals surface area contributed by atoms with Crippen molar-refractivity contribution < 1.29 is 4.21 Å². The number of hydrogen-bond donors (Lipinski definition) is 2. The maximum absolute atomic E-state index is 11.4. The van der Waals surface area contributed by atoms with Crippen molar-refractivity contribution >= 4 is 22.4 Å². The molecule has 0 heterocycles. The smallest absolute Gasteiger partial charge is 0.193 e. The molecule has 122 valence electrons. The van der Waals surface area contributed by atoms with Crippen LogP contribution in [0.3, 0.4) is 0 Å². The molecule has 0 aliphatic rings. The van der Waals surface area contributed by atoms with Crippen LogP contribution in [0.1, 0.15) is 31.0 Å². The monoisotopic (exact) mass is 329 g/mol. The highest BCUT2D eigenvalue weighted by atomic mass is 32.2. The summed E-state index contributed by atoms with van der Waals surface area (Å²) in [7, 11) is -0.964. The van der Waals surface area contributed by atoms with Crippen molar-refractivity contribution in [3.63, 3.8) is 0 Å². The summed E-state index contributed by atoms with van der Waals surface area (Å²) in [5.41, 5.74) is 9.23. The minimum atomic E-state index is -0.964. The Kier molecular flexibility index (Phi) is 5.93. The summed E-state index contributed by atoms with van der Waals surface area (Å²) in [5, 5.41) is 3.13. The molecule has 0 aliphatic heterocycles. The normalized spacial score (nSPS) is 14.3. The Hall–Kier alpha value is -2.14. The molecular formula is C18H23N3OS. The van der Waals surface area contributed by atoms with Crippen molar-refractivity contribution in [3.05, 3.63) is 59.7 Å². The molecule has 2 rings (SSSR count). The molecule has 2 unspecified atom stereocenters. The van der Waals surface area contributed by atoms with E-state index in [-0.39, 0.29) is 6.04 Å². The Bertz CT molecular complexity index is 710. The van der Waals surface area contributed by atoms with Crippen LogP contribution in [0.25, 0.3) is 0 Å². The largest absolute Gasteiger partial charge is 0.370 e. The first kappa shape index (κ1) is 17.2. The van der Waals surface area contributed by atoms with E-state index in [0.29, 0.717) is 5.96 Å². The molecule has 0 aromatic heterocycles. The fourth-order valence-corrected chi connectivity index (χ4v) is 2.79. The van der Waals surface area contributed by atoms with Gasteiger partial charge in [-0.25, -0.2) is 4.99 Å². The van der Waals surface area contributed by atoms with E-state index in [9.17, 15) is 4.21 Å². The van der Waals surface area contributed by atoms with Gasteiger partial charge in [-0.1, -0.05) is 31.2 Å². The second-order valence-electron chi connectivity index (χ2n) is 5.39. The van der Waals surface area contributed by atoms with E-state index < -0.39 is 10.8 Å². The van der Waals surface area contributed by atoms with Gasteiger partial charge in [0.2, 0.25) is 0 Å². The zero-order chi connectivity index (χ0) is 16.8. The number of nitrogens with zero attached hydrogens (tertiary/aromatic N) is 1. The zero-order valence-electron chi connectivity index (χ0n) is 13.7. The number of aryl methyl sites for hydroxylation is 1. The van der Waals surface area contributed by atoms with Crippen molar-refractivity contribution in [1.82, 2.24) is 0 Å². The molecule has 3 N–H and O–H groups in total. The second-order valence-corrected chi connectivity index (χ2v) is 6.77. The van der Waals surface area contributed by atoms with Crippen molar-refractivity contribution in [2.75, 3.05) is 11.6 Å². The highest BCUT2D eigenvalue weighted by Gasteiger charge is 2.06. The maximum Gasteiger partial charge on any atom is 0.193 e. The number of aliphatic imine (C=N–C) groups is 1. The zero-order valence-corrected chi connectivity index (χ0v) is 14.6. The standard InChI is InChI=1S/C18H23N3OS/c1-4-14-6-5-7-16(12-14)21-18(19)20-13(2)15-8-10-17(11-9-15)23(3)22/h5-13H,4H2,1-3H3,(H3,19,20,21). The lowest BCUT2D eigenvalue weighted by molar-refractivity contribution is 0.686. The van der Waals surface area contributed by atoms with Gasteiger partial charge in [-0.05, 0) is 48.7 Å². The van der Waals surface area contributed by atoms with E-state index in [4.69, 9.17) is 5.73 Å². The Balaban J connectivity index is 2.08. The van der Waals surface area contributed by atoms with Crippen LogP contribution in [-0.4, -0.2) is 16.4 Å². The van der Waals surface area contributed by atoms with Crippen molar-refractivity contribution in [2.24, 2.45) is 10.7 Å². The third-order valence-corrected chi connectivity index (χ3v) is 4.57. The average Bonchev–Trinajstić information content (AvgIpc) is 2.54. The summed E-state index contributed by atoms with van der Waals surface area (Å²) < 4.78 is 11.4. The van der Waals surface area contributed by atoms with Crippen LogP contribution in [-0.2, 0) is 17.2 Å². The predicted octanol–water partition coefficient (Wildman–Crippen LogP) is 3.47. The lowest BCUT2D eigenvalue weighted by atomic mass is 10.1. The van der Waals surface area contributed by atoms with Gasteiger partial charge in [-0.15, -0.1) is 0 Å². The van der Waals surface area contributed by atoms with Crippen molar-refractivity contribution in [3.8, 4) is 0 Å². The molecule has 5 heteroatoms. The van der Waals surface area contributed by atoms with Crippen LogP contribution in [0, 0.1) is 0 Å². The van der Waals surface area contributed by atoms with Gasteiger partial charge in [0.1, 0.15) is 0 Å². The van der Waals surface area contributed by atoms with Gasteiger partial charge in [0.25, 0.3) is 0 Å². The Labute approximate surface area is 140 Å². The highest BCUT2D eigenvalue weighted by Crippen LogP contribution is 2.19. The maximum atomic E-state index is 11.4. The third-order valence-electron chi connectivity index (χ3n) is 3.63. The van der Waals surface area contributed by atoms with Crippen LogP contribution < -0.4 is 11.1 Å². The van der Waals surface area contributed by atoms with Gasteiger partial charge in [-0.3, -0.25) is 4.21 Å². The van der Waals surface area contributed by atoms with Gasteiger partial charge in [-0.2, -0.15) is 0 Å². The molecule has 0 radical (unpaired) electrons. The van der Waals surface area contributed by atoms with Crippen LogP contribution >= 0.6 is 0 Å². The topological polar surface area (TPSA) is 67.5 Å². The van der Waals surface area contributed by atoms with Crippen molar-refractivity contribution in [1.29, 1.82) is 0 Å². The van der Waals surface area contributed by atoms with Crippen LogP contribution in [0.4, 0.5) is 5.69 Å². The fourth-order valence-electron chi connectivity index (χ4n) is 2.27. The van der Waals surface area contributed by atoms with Gasteiger partial charge in [0, 0.05) is 27.6 Å². The molecular weight excluding hydrogens is 306 g/mol. The molecule has 23 heavy (non-hydrogen) atoms. The van der Waals surface area contributed by atoms with E-state index in [1.807, 2.05) is 43.3 Å². The first-order valence-electron chi connectivity index (χ1n) is 7.62. The van der Waals surface area contributed by atoms with E-state index in [2.05, 4.69) is 29.4 Å². The SMILES string of the molecule is CCc1cccc(NC(N)=NC(C)c2ccc(S(C)=O)cc2)c1. The summed E-state index contributed by atoms with van der Waals surface area (Å²) in [6.45, 7) is 4.10. The molecule has 2 aromatic carbocycles. The summed E-state index contributed by atoms with van der Waals surface area (Å²) in [4.78, 5) is 5.29. The molecule has 2 atom stereocenters. The van der Waals surface area contributed by atoms with E-state index in [0.717, 1.165) is 22.6 Å². The van der Waals surface area contributed by atoms with Crippen LogP contribution in [0.2, 0.25) is 0 Å². The van der Waals surface area contributed by atoms with Crippen molar-refractivity contribution in [2.45, 2.75) is 31.2 Å². The minimum Gasteiger partial charge on any atom is -0.370 e. The lowest BCUT2D eigenvalue weighted by Crippen LogP contribution is -2.23. The molecule has 0 spiro atoms. The number of nitrogens with two attached hydrogens (primary N) is 1. The van der Waals surface area contributed by atoms with Crippen LogP contribution in [0.5, 0.6) is 0 Å². The molecule has 0 saturated carbocycles. The quantitative estimate of drug-likeness (QED) is 0.652.